The molecule has 2 heterocycles. The lowest BCUT2D eigenvalue weighted by atomic mass is 9.96. The lowest BCUT2D eigenvalue weighted by Gasteiger charge is -2.41. The zero-order valence-corrected chi connectivity index (χ0v) is 12.8. The molecular weight excluding hydrogens is 300 g/mol. The summed E-state index contributed by atoms with van der Waals surface area (Å²) in [5.41, 5.74) is -0.191. The molecule has 1 fully saturated rings. The van der Waals surface area contributed by atoms with Crippen molar-refractivity contribution in [3.63, 3.8) is 0 Å². The number of carboxylic acid groups (broad SMARTS) is 1. The summed E-state index contributed by atoms with van der Waals surface area (Å²) in [7, 11) is 0. The highest BCUT2D eigenvalue weighted by Gasteiger charge is 2.45. The van der Waals surface area contributed by atoms with Crippen molar-refractivity contribution < 1.29 is 23.8 Å². The van der Waals surface area contributed by atoms with Gasteiger partial charge in [-0.25, -0.2) is 4.79 Å². The lowest BCUT2D eigenvalue weighted by Crippen LogP contribution is -2.58. The molecule has 1 aliphatic rings. The second-order valence-electron chi connectivity index (χ2n) is 5.93. The number of hydrogen-bond acceptors (Lipinski definition) is 5. The highest BCUT2D eigenvalue weighted by atomic mass is 16.7. The fraction of sp³-hybridized carbons (Fsp3) is 0.375. The first-order valence-corrected chi connectivity index (χ1v) is 7.07. The minimum Gasteiger partial charge on any atom is -0.465 e. The molecule has 1 aromatic carbocycles. The smallest absolute Gasteiger partial charge is 0.405 e. The number of nitriles is 1. The number of carbonyl (C=O) groups is 1. The largest absolute Gasteiger partial charge is 0.465 e. The van der Waals surface area contributed by atoms with E-state index in [-0.39, 0.29) is 13.2 Å². The summed E-state index contributed by atoms with van der Waals surface area (Å²) in [6, 6.07) is 8.87. The molecule has 0 atom stereocenters. The Hall–Kier alpha value is -2.56. The fourth-order valence-corrected chi connectivity index (χ4v) is 2.55. The highest BCUT2D eigenvalue weighted by molar-refractivity contribution is 5.84. The van der Waals surface area contributed by atoms with Gasteiger partial charge in [0.05, 0.1) is 24.8 Å². The summed E-state index contributed by atoms with van der Waals surface area (Å²) in [6.07, 6.45) is -1.21. The topological polar surface area (TPSA) is 105 Å². The van der Waals surface area contributed by atoms with E-state index in [1.807, 2.05) is 0 Å². The number of nitrogens with zero attached hydrogens (tertiary/aromatic N) is 1. The molecule has 7 heteroatoms. The monoisotopic (exact) mass is 316 g/mol. The highest BCUT2D eigenvalue weighted by Crippen LogP contribution is 2.35. The molecule has 0 unspecified atom stereocenters. The Morgan fingerprint density at radius 2 is 2.04 bits per heavy atom. The Morgan fingerprint density at radius 1 is 1.35 bits per heavy atom. The molecule has 7 nitrogen and oxygen atoms in total. The second-order valence-corrected chi connectivity index (χ2v) is 5.93. The van der Waals surface area contributed by atoms with E-state index in [0.717, 1.165) is 0 Å². The zero-order valence-electron chi connectivity index (χ0n) is 12.8. The van der Waals surface area contributed by atoms with Gasteiger partial charge in [-0.3, -0.25) is 0 Å². The van der Waals surface area contributed by atoms with Crippen LogP contribution < -0.4 is 5.32 Å². The number of fused-ring (bicyclic) bond motifs is 1. The molecule has 0 saturated carbocycles. The van der Waals surface area contributed by atoms with Gasteiger partial charge in [-0.15, -0.1) is 0 Å². The molecule has 0 radical (unpaired) electrons. The van der Waals surface area contributed by atoms with Crippen molar-refractivity contribution in [2.45, 2.75) is 25.2 Å². The van der Waals surface area contributed by atoms with Crippen LogP contribution in [0.5, 0.6) is 0 Å². The summed E-state index contributed by atoms with van der Waals surface area (Å²) in [4.78, 5) is 11.2. The number of amides is 1. The molecule has 1 saturated heterocycles. The van der Waals surface area contributed by atoms with Crippen LogP contribution in [0.2, 0.25) is 0 Å². The molecule has 0 bridgehead atoms. The van der Waals surface area contributed by atoms with Gasteiger partial charge in [-0.1, -0.05) is 6.07 Å². The Morgan fingerprint density at radius 3 is 2.65 bits per heavy atom. The zero-order chi connectivity index (χ0) is 16.7. The Labute approximate surface area is 132 Å². The van der Waals surface area contributed by atoms with E-state index in [2.05, 4.69) is 11.4 Å². The van der Waals surface area contributed by atoms with Gasteiger partial charge >= 0.3 is 6.09 Å². The molecule has 1 aliphatic heterocycles. The van der Waals surface area contributed by atoms with Gasteiger partial charge in [0.1, 0.15) is 16.9 Å². The van der Waals surface area contributed by atoms with Crippen molar-refractivity contribution in [3.8, 4) is 6.07 Å². The minimum atomic E-state index is -1.21. The Kier molecular flexibility index (Phi) is 3.51. The maximum Gasteiger partial charge on any atom is 0.405 e. The van der Waals surface area contributed by atoms with Crippen LogP contribution in [-0.2, 0) is 15.0 Å². The van der Waals surface area contributed by atoms with Crippen LogP contribution >= 0.6 is 0 Å². The van der Waals surface area contributed by atoms with E-state index in [4.69, 9.17) is 13.9 Å². The summed E-state index contributed by atoms with van der Waals surface area (Å²) < 4.78 is 17.0. The standard InChI is InChI=1S/C16H16N2O5/c1-15(2)21-8-16(9-22-15,18-14(19)20)13-6-11-10(7-17)4-3-5-12(11)23-13/h3-6,18H,8-9H2,1-2H3,(H,19,20). The van der Waals surface area contributed by atoms with Crippen LogP contribution in [0.4, 0.5) is 4.79 Å². The molecule has 3 rings (SSSR count). The van der Waals surface area contributed by atoms with Gasteiger partial charge < -0.3 is 24.3 Å². The maximum atomic E-state index is 11.2. The van der Waals surface area contributed by atoms with Crippen molar-refractivity contribution in [2.24, 2.45) is 0 Å². The minimum absolute atomic E-state index is 0.0635. The van der Waals surface area contributed by atoms with Gasteiger partial charge in [0, 0.05) is 5.39 Å². The number of benzene rings is 1. The molecular formula is C16H16N2O5. The van der Waals surface area contributed by atoms with Gasteiger partial charge in [0.25, 0.3) is 0 Å². The van der Waals surface area contributed by atoms with Crippen molar-refractivity contribution in [1.82, 2.24) is 5.32 Å². The number of hydrogen-bond donors (Lipinski definition) is 2. The van der Waals surface area contributed by atoms with Crippen LogP contribution in [0.3, 0.4) is 0 Å². The molecule has 23 heavy (non-hydrogen) atoms. The van der Waals surface area contributed by atoms with E-state index in [0.29, 0.717) is 22.3 Å². The van der Waals surface area contributed by atoms with E-state index in [9.17, 15) is 15.2 Å². The van der Waals surface area contributed by atoms with Crippen molar-refractivity contribution in [3.05, 3.63) is 35.6 Å². The second kappa shape index (κ2) is 5.26. The van der Waals surface area contributed by atoms with Crippen LogP contribution in [0.25, 0.3) is 11.0 Å². The van der Waals surface area contributed by atoms with Crippen molar-refractivity contribution >= 4 is 17.1 Å². The number of ether oxygens (including phenoxy) is 2. The lowest BCUT2D eigenvalue weighted by molar-refractivity contribution is -0.274. The third-order valence-corrected chi connectivity index (χ3v) is 3.83. The molecule has 0 aliphatic carbocycles. The average Bonchev–Trinajstić information content (AvgIpc) is 2.94. The van der Waals surface area contributed by atoms with Gasteiger partial charge in [0.2, 0.25) is 0 Å². The number of nitrogens with one attached hydrogen (secondary N) is 1. The summed E-state index contributed by atoms with van der Waals surface area (Å²) >= 11 is 0. The predicted octanol–water partition coefficient (Wildman–Crippen LogP) is 2.55. The first-order chi connectivity index (χ1) is 10.9. The van der Waals surface area contributed by atoms with E-state index in [1.54, 1.807) is 38.1 Å². The van der Waals surface area contributed by atoms with Crippen LogP contribution in [0.1, 0.15) is 25.2 Å². The summed E-state index contributed by atoms with van der Waals surface area (Å²) in [5.74, 6) is -0.443. The fourth-order valence-electron chi connectivity index (χ4n) is 2.55. The van der Waals surface area contributed by atoms with E-state index >= 15 is 0 Å². The van der Waals surface area contributed by atoms with Crippen LogP contribution in [0.15, 0.2) is 28.7 Å². The first-order valence-electron chi connectivity index (χ1n) is 7.07. The normalized spacial score (nSPS) is 19.2. The first kappa shape index (κ1) is 15.3. The van der Waals surface area contributed by atoms with Crippen LogP contribution in [-0.4, -0.2) is 30.2 Å². The number of rotatable bonds is 2. The van der Waals surface area contributed by atoms with Crippen molar-refractivity contribution in [2.75, 3.05) is 13.2 Å². The van der Waals surface area contributed by atoms with E-state index < -0.39 is 17.4 Å². The Balaban J connectivity index is 2.07. The van der Waals surface area contributed by atoms with Gasteiger partial charge in [-0.05, 0) is 32.0 Å². The molecule has 1 amide bonds. The summed E-state index contributed by atoms with van der Waals surface area (Å²) in [5, 5.41) is 21.4. The molecule has 120 valence electrons. The third-order valence-electron chi connectivity index (χ3n) is 3.83. The third kappa shape index (κ3) is 2.74. The molecule has 2 aromatic rings. The van der Waals surface area contributed by atoms with E-state index in [1.165, 1.54) is 0 Å². The van der Waals surface area contributed by atoms with Crippen molar-refractivity contribution in [1.29, 1.82) is 5.26 Å². The SMILES string of the molecule is CC1(C)OCC(NC(=O)O)(c2cc3c(C#N)cccc3o2)CO1. The average molecular weight is 316 g/mol. The van der Waals surface area contributed by atoms with Gasteiger partial charge in [0.15, 0.2) is 5.79 Å². The molecule has 0 spiro atoms. The predicted molar refractivity (Wildman–Crippen MR) is 79.8 cm³/mol. The van der Waals surface area contributed by atoms with Gasteiger partial charge in [-0.2, -0.15) is 5.26 Å². The maximum absolute atomic E-state index is 11.2. The Bertz CT molecular complexity index is 792. The number of furan rings is 1. The van der Waals surface area contributed by atoms with Crippen LogP contribution in [0, 0.1) is 11.3 Å². The summed E-state index contributed by atoms with van der Waals surface area (Å²) in [6.45, 7) is 3.64. The molecule has 1 aromatic heterocycles. The molecule has 2 N–H and O–H groups in total. The quantitative estimate of drug-likeness (QED) is 0.882.